The SMILES string of the molecule is COc1cc(C2CC(c3ccc(O)cc3)=NN2C(N)=S)ccc1N(C)C. The van der Waals surface area contributed by atoms with Crippen molar-refractivity contribution >= 4 is 28.7 Å². The van der Waals surface area contributed by atoms with Crippen LogP contribution < -0.4 is 15.4 Å². The average molecular weight is 370 g/mol. The molecule has 2 aromatic carbocycles. The number of phenols is 1. The van der Waals surface area contributed by atoms with E-state index in [4.69, 9.17) is 22.7 Å². The number of hydrazone groups is 1. The molecule has 0 amide bonds. The first kappa shape index (κ1) is 18.0. The van der Waals surface area contributed by atoms with Crippen LogP contribution >= 0.6 is 12.2 Å². The highest BCUT2D eigenvalue weighted by Crippen LogP contribution is 2.37. The molecule has 0 aliphatic carbocycles. The van der Waals surface area contributed by atoms with E-state index >= 15 is 0 Å². The summed E-state index contributed by atoms with van der Waals surface area (Å²) in [5.41, 5.74) is 9.74. The Balaban J connectivity index is 1.95. The Bertz CT molecular complexity index is 849. The van der Waals surface area contributed by atoms with Crippen LogP contribution in [0.1, 0.15) is 23.6 Å². The predicted molar refractivity (Wildman–Crippen MR) is 108 cm³/mol. The molecule has 3 N–H and O–H groups in total. The lowest BCUT2D eigenvalue weighted by Gasteiger charge is -2.24. The van der Waals surface area contributed by atoms with Crippen molar-refractivity contribution in [3.63, 3.8) is 0 Å². The molecule has 0 radical (unpaired) electrons. The van der Waals surface area contributed by atoms with Crippen LogP contribution in [0.4, 0.5) is 5.69 Å². The maximum Gasteiger partial charge on any atom is 0.187 e. The molecule has 0 spiro atoms. The van der Waals surface area contributed by atoms with Gasteiger partial charge in [-0.2, -0.15) is 5.10 Å². The maximum atomic E-state index is 9.49. The van der Waals surface area contributed by atoms with Gasteiger partial charge >= 0.3 is 0 Å². The van der Waals surface area contributed by atoms with Crippen molar-refractivity contribution in [2.75, 3.05) is 26.1 Å². The van der Waals surface area contributed by atoms with E-state index in [1.807, 2.05) is 49.3 Å². The van der Waals surface area contributed by atoms with Crippen LogP contribution in [-0.2, 0) is 0 Å². The third-order valence-electron chi connectivity index (χ3n) is 4.41. The van der Waals surface area contributed by atoms with E-state index in [0.717, 1.165) is 28.3 Å². The molecule has 7 heteroatoms. The molecule has 1 atom stereocenters. The second kappa shape index (κ2) is 7.21. The van der Waals surface area contributed by atoms with Crippen LogP contribution in [0.15, 0.2) is 47.6 Å². The van der Waals surface area contributed by atoms with Gasteiger partial charge in [-0.15, -0.1) is 0 Å². The fourth-order valence-corrected chi connectivity index (χ4v) is 3.24. The first-order chi connectivity index (χ1) is 12.4. The molecule has 1 heterocycles. The molecule has 0 saturated heterocycles. The Labute approximate surface area is 158 Å². The van der Waals surface area contributed by atoms with E-state index in [9.17, 15) is 5.11 Å². The second-order valence-corrected chi connectivity index (χ2v) is 6.74. The molecule has 0 saturated carbocycles. The zero-order chi connectivity index (χ0) is 18.8. The highest BCUT2D eigenvalue weighted by molar-refractivity contribution is 7.80. The van der Waals surface area contributed by atoms with Gasteiger partial charge in [-0.05, 0) is 59.7 Å². The molecular formula is C19H22N4O2S. The Morgan fingerprint density at radius 3 is 2.54 bits per heavy atom. The molecule has 1 aliphatic heterocycles. The van der Waals surface area contributed by atoms with Gasteiger partial charge in [0.2, 0.25) is 0 Å². The maximum absolute atomic E-state index is 9.49. The normalized spacial score (nSPS) is 16.3. The van der Waals surface area contributed by atoms with E-state index in [2.05, 4.69) is 5.10 Å². The minimum atomic E-state index is -0.0959. The summed E-state index contributed by atoms with van der Waals surface area (Å²) < 4.78 is 5.54. The summed E-state index contributed by atoms with van der Waals surface area (Å²) in [5, 5.41) is 16.0. The lowest BCUT2D eigenvalue weighted by Crippen LogP contribution is -2.31. The van der Waals surface area contributed by atoms with Gasteiger partial charge < -0.3 is 20.5 Å². The van der Waals surface area contributed by atoms with Gasteiger partial charge in [-0.3, -0.25) is 0 Å². The van der Waals surface area contributed by atoms with Gasteiger partial charge in [-0.25, -0.2) is 5.01 Å². The van der Waals surface area contributed by atoms with Gasteiger partial charge in [-0.1, -0.05) is 6.07 Å². The van der Waals surface area contributed by atoms with Gasteiger partial charge in [0.25, 0.3) is 0 Å². The van der Waals surface area contributed by atoms with Crippen molar-refractivity contribution in [3.8, 4) is 11.5 Å². The summed E-state index contributed by atoms with van der Waals surface area (Å²) >= 11 is 5.20. The van der Waals surface area contributed by atoms with Crippen LogP contribution in [-0.4, -0.2) is 42.1 Å². The Morgan fingerprint density at radius 1 is 1.27 bits per heavy atom. The first-order valence-corrected chi connectivity index (χ1v) is 8.62. The van der Waals surface area contributed by atoms with Gasteiger partial charge in [0.15, 0.2) is 5.11 Å². The number of hydrogen-bond acceptors (Lipinski definition) is 5. The molecule has 0 aromatic heterocycles. The molecule has 136 valence electrons. The Kier molecular flexibility index (Phi) is 4.99. The van der Waals surface area contributed by atoms with E-state index in [1.54, 1.807) is 24.3 Å². The molecule has 0 bridgehead atoms. The number of nitrogens with zero attached hydrogens (tertiary/aromatic N) is 3. The number of nitrogens with two attached hydrogens (primary N) is 1. The van der Waals surface area contributed by atoms with Gasteiger partial charge in [0.05, 0.1) is 24.6 Å². The predicted octanol–water partition coefficient (Wildman–Crippen LogP) is 2.86. The summed E-state index contributed by atoms with van der Waals surface area (Å²) in [7, 11) is 5.60. The standard InChI is InChI=1S/C19H22N4O2S/c1-22(2)16-9-6-13(10-18(16)25-3)17-11-15(21-23(17)19(20)26)12-4-7-14(24)8-5-12/h4-10,17,24H,11H2,1-3H3,(H2,20,26). The van der Waals surface area contributed by atoms with E-state index < -0.39 is 0 Å². The fraction of sp³-hybridized carbons (Fsp3) is 0.263. The zero-order valence-electron chi connectivity index (χ0n) is 15.0. The molecule has 26 heavy (non-hydrogen) atoms. The average Bonchev–Trinajstić information content (AvgIpc) is 3.07. The highest BCUT2D eigenvalue weighted by atomic mass is 32.1. The lowest BCUT2D eigenvalue weighted by atomic mass is 9.98. The molecule has 1 unspecified atom stereocenters. The van der Waals surface area contributed by atoms with Crippen LogP contribution in [0.2, 0.25) is 0 Å². The lowest BCUT2D eigenvalue weighted by molar-refractivity contribution is 0.369. The number of phenolic OH excluding ortho intramolecular Hbond substituents is 1. The molecule has 3 rings (SSSR count). The quantitative estimate of drug-likeness (QED) is 0.806. The first-order valence-electron chi connectivity index (χ1n) is 8.21. The minimum absolute atomic E-state index is 0.0959. The monoisotopic (exact) mass is 370 g/mol. The molecule has 1 aliphatic rings. The summed E-state index contributed by atoms with van der Waals surface area (Å²) in [6.07, 6.45) is 0.659. The molecule has 6 nitrogen and oxygen atoms in total. The zero-order valence-corrected chi connectivity index (χ0v) is 15.8. The van der Waals surface area contributed by atoms with Gasteiger partial charge in [0, 0.05) is 20.5 Å². The summed E-state index contributed by atoms with van der Waals surface area (Å²) in [5.74, 6) is 1.01. The van der Waals surface area contributed by atoms with Crippen LogP contribution in [0, 0.1) is 0 Å². The van der Waals surface area contributed by atoms with Crippen LogP contribution in [0.5, 0.6) is 11.5 Å². The molecule has 2 aromatic rings. The van der Waals surface area contributed by atoms with E-state index in [-0.39, 0.29) is 16.9 Å². The van der Waals surface area contributed by atoms with Crippen LogP contribution in [0.25, 0.3) is 0 Å². The summed E-state index contributed by atoms with van der Waals surface area (Å²) in [6.45, 7) is 0. The van der Waals surface area contributed by atoms with Crippen molar-refractivity contribution in [2.24, 2.45) is 10.8 Å². The topological polar surface area (TPSA) is 74.3 Å². The van der Waals surface area contributed by atoms with Crippen molar-refractivity contribution in [3.05, 3.63) is 53.6 Å². The third-order valence-corrected chi connectivity index (χ3v) is 4.59. The minimum Gasteiger partial charge on any atom is -0.508 e. The Hall–Kier alpha value is -2.80. The third kappa shape index (κ3) is 3.43. The number of anilines is 1. The van der Waals surface area contributed by atoms with E-state index in [0.29, 0.717) is 6.42 Å². The van der Waals surface area contributed by atoms with Crippen molar-refractivity contribution < 1.29 is 9.84 Å². The van der Waals surface area contributed by atoms with E-state index in [1.165, 1.54) is 0 Å². The summed E-state index contributed by atoms with van der Waals surface area (Å²) in [6, 6.07) is 12.9. The Morgan fingerprint density at radius 2 is 1.96 bits per heavy atom. The smallest absolute Gasteiger partial charge is 0.187 e. The highest BCUT2D eigenvalue weighted by Gasteiger charge is 2.31. The summed E-state index contributed by atoms with van der Waals surface area (Å²) in [4.78, 5) is 2.00. The number of ether oxygens (including phenoxy) is 1. The largest absolute Gasteiger partial charge is 0.508 e. The van der Waals surface area contributed by atoms with Crippen molar-refractivity contribution in [1.29, 1.82) is 0 Å². The number of aromatic hydroxyl groups is 1. The number of methoxy groups -OCH3 is 1. The van der Waals surface area contributed by atoms with Crippen molar-refractivity contribution in [1.82, 2.24) is 5.01 Å². The number of rotatable bonds is 4. The fourth-order valence-electron chi connectivity index (χ4n) is 3.07. The number of benzene rings is 2. The van der Waals surface area contributed by atoms with Gasteiger partial charge in [0.1, 0.15) is 11.5 Å². The molecule has 0 fully saturated rings. The van der Waals surface area contributed by atoms with Crippen LogP contribution in [0.3, 0.4) is 0 Å². The number of hydrogen-bond donors (Lipinski definition) is 2. The number of thiocarbonyl (C=S) groups is 1. The van der Waals surface area contributed by atoms with Crippen molar-refractivity contribution in [2.45, 2.75) is 12.5 Å². The molecular weight excluding hydrogens is 348 g/mol. The second-order valence-electron chi connectivity index (χ2n) is 6.32.